The zero-order valence-corrected chi connectivity index (χ0v) is 25.5. The van der Waals surface area contributed by atoms with Gasteiger partial charge in [0.05, 0.1) is 12.5 Å². The molecule has 0 bridgehead atoms. The van der Waals surface area contributed by atoms with E-state index in [2.05, 4.69) is 20.9 Å². The standard InChI is InChI=1S/C29H44N8O8/c1-16(2)23(26(42)35-20(28(44)45)14-17-8-4-3-5-9-17)36-24(40)19(15-22(38)39)34-25(41)21-11-7-13-37(21)27(43)18(30)10-6-12-33-29(31)32/h3-5,8-9,16,18-21,23H,6-7,10-15,30H2,1-2H3,(H,34,41)(H,35,42)(H,36,40)(H,38,39)(H,44,45)(H4,31,32,33)/t18-,19-,20-,21-,23-/m0/s1. The van der Waals surface area contributed by atoms with Crippen LogP contribution in [0.5, 0.6) is 0 Å². The largest absolute Gasteiger partial charge is 0.481 e. The number of carbonyl (C=O) groups excluding carboxylic acids is 4. The summed E-state index contributed by atoms with van der Waals surface area (Å²) in [5.41, 5.74) is 17.3. The van der Waals surface area contributed by atoms with Gasteiger partial charge in [-0.2, -0.15) is 0 Å². The van der Waals surface area contributed by atoms with Gasteiger partial charge in [-0.05, 0) is 37.2 Å². The maximum absolute atomic E-state index is 13.3. The first-order valence-corrected chi connectivity index (χ1v) is 14.7. The third-order valence-corrected chi connectivity index (χ3v) is 7.28. The Balaban J connectivity index is 2.10. The number of hydrogen-bond acceptors (Lipinski definition) is 8. The summed E-state index contributed by atoms with van der Waals surface area (Å²) in [4.78, 5) is 81.3. The van der Waals surface area contributed by atoms with Crippen LogP contribution in [0.3, 0.4) is 0 Å². The van der Waals surface area contributed by atoms with Crippen molar-refractivity contribution in [2.75, 3.05) is 13.1 Å². The Bertz CT molecular complexity index is 1240. The van der Waals surface area contributed by atoms with Crippen molar-refractivity contribution >= 4 is 41.5 Å². The lowest BCUT2D eigenvalue weighted by Crippen LogP contribution is -2.59. The number of rotatable bonds is 17. The van der Waals surface area contributed by atoms with Crippen molar-refractivity contribution < 1.29 is 39.0 Å². The van der Waals surface area contributed by atoms with Crippen LogP contribution in [0.2, 0.25) is 0 Å². The van der Waals surface area contributed by atoms with Crippen molar-refractivity contribution in [3.05, 3.63) is 35.9 Å². The number of nitrogens with one attached hydrogen (secondary N) is 3. The zero-order chi connectivity index (χ0) is 33.7. The van der Waals surface area contributed by atoms with E-state index in [4.69, 9.17) is 17.2 Å². The molecule has 248 valence electrons. The van der Waals surface area contributed by atoms with E-state index < -0.39 is 78.1 Å². The fourth-order valence-corrected chi connectivity index (χ4v) is 4.91. The predicted molar refractivity (Wildman–Crippen MR) is 163 cm³/mol. The Morgan fingerprint density at radius 2 is 1.64 bits per heavy atom. The van der Waals surface area contributed by atoms with Crippen molar-refractivity contribution in [2.45, 2.75) is 82.6 Å². The molecule has 1 aliphatic rings. The van der Waals surface area contributed by atoms with Gasteiger partial charge < -0.3 is 48.3 Å². The number of carboxylic acid groups (broad SMARTS) is 2. The average molecular weight is 633 g/mol. The maximum atomic E-state index is 13.3. The molecule has 0 saturated carbocycles. The second-order valence-corrected chi connectivity index (χ2v) is 11.2. The van der Waals surface area contributed by atoms with E-state index in [1.54, 1.807) is 44.2 Å². The first-order valence-electron chi connectivity index (χ1n) is 14.7. The molecule has 0 radical (unpaired) electrons. The normalized spacial score (nSPS) is 17.0. The van der Waals surface area contributed by atoms with Gasteiger partial charge >= 0.3 is 11.9 Å². The highest BCUT2D eigenvalue weighted by atomic mass is 16.4. The Morgan fingerprint density at radius 3 is 2.22 bits per heavy atom. The van der Waals surface area contributed by atoms with Crippen molar-refractivity contribution in [1.82, 2.24) is 20.9 Å². The molecule has 2 rings (SSSR count). The lowest BCUT2D eigenvalue weighted by molar-refractivity contribution is -0.144. The van der Waals surface area contributed by atoms with E-state index >= 15 is 0 Å². The molecule has 5 atom stereocenters. The number of nitrogens with two attached hydrogens (primary N) is 3. The summed E-state index contributed by atoms with van der Waals surface area (Å²) in [7, 11) is 0. The number of carbonyl (C=O) groups is 6. The molecule has 45 heavy (non-hydrogen) atoms. The van der Waals surface area contributed by atoms with E-state index in [-0.39, 0.29) is 38.3 Å². The fraction of sp³-hybridized carbons (Fsp3) is 0.552. The number of hydrogen-bond donors (Lipinski definition) is 8. The summed E-state index contributed by atoms with van der Waals surface area (Å²) in [6.45, 7) is 3.76. The van der Waals surface area contributed by atoms with E-state index in [9.17, 15) is 39.0 Å². The van der Waals surface area contributed by atoms with Crippen LogP contribution in [0.4, 0.5) is 0 Å². The fourth-order valence-electron chi connectivity index (χ4n) is 4.91. The molecule has 1 heterocycles. The number of guanidine groups is 1. The number of nitrogens with zero attached hydrogens (tertiary/aromatic N) is 2. The molecule has 4 amide bonds. The van der Waals surface area contributed by atoms with Crippen LogP contribution in [-0.4, -0.2) is 99.9 Å². The topological polar surface area (TPSA) is 273 Å². The molecule has 11 N–H and O–H groups in total. The summed E-state index contributed by atoms with van der Waals surface area (Å²) >= 11 is 0. The van der Waals surface area contributed by atoms with Crippen LogP contribution in [0.15, 0.2) is 35.3 Å². The smallest absolute Gasteiger partial charge is 0.326 e. The Hall–Kier alpha value is -4.73. The Kier molecular flexibility index (Phi) is 14.2. The SMILES string of the molecule is CC(C)[C@H](NC(=O)[C@H](CC(=O)O)NC(=O)[C@@H]1CCCN1C(=O)[C@@H](N)CCCN=C(N)N)C(=O)N[C@@H](Cc1ccccc1)C(=O)O. The highest BCUT2D eigenvalue weighted by Gasteiger charge is 2.38. The summed E-state index contributed by atoms with van der Waals surface area (Å²) in [5.74, 6) is -6.24. The molecule has 0 spiro atoms. The van der Waals surface area contributed by atoms with Gasteiger partial charge in [0.1, 0.15) is 24.2 Å². The van der Waals surface area contributed by atoms with Crippen LogP contribution in [0, 0.1) is 5.92 Å². The van der Waals surface area contributed by atoms with E-state index in [1.807, 2.05) is 0 Å². The molecule has 0 aromatic heterocycles. The van der Waals surface area contributed by atoms with Gasteiger partial charge in [-0.3, -0.25) is 29.0 Å². The van der Waals surface area contributed by atoms with Crippen LogP contribution < -0.4 is 33.2 Å². The molecule has 0 unspecified atom stereocenters. The highest BCUT2D eigenvalue weighted by molar-refractivity contribution is 5.97. The van der Waals surface area contributed by atoms with Crippen molar-refractivity contribution in [3.8, 4) is 0 Å². The molecular weight excluding hydrogens is 588 g/mol. The van der Waals surface area contributed by atoms with Gasteiger partial charge in [-0.1, -0.05) is 44.2 Å². The van der Waals surface area contributed by atoms with Crippen molar-refractivity contribution in [2.24, 2.45) is 28.1 Å². The summed E-state index contributed by atoms with van der Waals surface area (Å²) in [5, 5.41) is 26.4. The molecule has 1 fully saturated rings. The van der Waals surface area contributed by atoms with Gasteiger partial charge in [0.25, 0.3) is 0 Å². The molecule has 16 nitrogen and oxygen atoms in total. The van der Waals surface area contributed by atoms with Crippen LogP contribution in [0.1, 0.15) is 51.5 Å². The molecule has 1 aromatic carbocycles. The second kappa shape index (κ2) is 17.5. The average Bonchev–Trinajstić information content (AvgIpc) is 3.47. The summed E-state index contributed by atoms with van der Waals surface area (Å²) in [6.07, 6.45) is 0.645. The Labute approximate surface area is 261 Å². The van der Waals surface area contributed by atoms with Crippen molar-refractivity contribution in [1.29, 1.82) is 0 Å². The number of aliphatic carboxylic acids is 2. The minimum absolute atomic E-state index is 0.00505. The third-order valence-electron chi connectivity index (χ3n) is 7.28. The van der Waals surface area contributed by atoms with Gasteiger partial charge in [0, 0.05) is 19.5 Å². The minimum Gasteiger partial charge on any atom is -0.481 e. The van der Waals surface area contributed by atoms with Crippen LogP contribution in [0.25, 0.3) is 0 Å². The van der Waals surface area contributed by atoms with Gasteiger partial charge in [0.15, 0.2) is 5.96 Å². The lowest BCUT2D eigenvalue weighted by atomic mass is 10.0. The first kappa shape index (κ1) is 36.5. The van der Waals surface area contributed by atoms with Crippen LogP contribution >= 0.6 is 0 Å². The number of benzene rings is 1. The molecule has 0 aliphatic carbocycles. The minimum atomic E-state index is -1.59. The van der Waals surface area contributed by atoms with Gasteiger partial charge in [0.2, 0.25) is 23.6 Å². The summed E-state index contributed by atoms with van der Waals surface area (Å²) < 4.78 is 0. The highest BCUT2D eigenvalue weighted by Crippen LogP contribution is 2.20. The van der Waals surface area contributed by atoms with E-state index in [0.717, 1.165) is 0 Å². The molecular formula is C29H44N8O8. The Morgan fingerprint density at radius 1 is 0.978 bits per heavy atom. The van der Waals surface area contributed by atoms with Crippen molar-refractivity contribution in [3.63, 3.8) is 0 Å². The predicted octanol–water partition coefficient (Wildman–Crippen LogP) is -1.73. The molecule has 1 saturated heterocycles. The van der Waals surface area contributed by atoms with E-state index in [1.165, 1.54) is 4.90 Å². The number of carboxylic acids is 2. The van der Waals surface area contributed by atoms with E-state index in [0.29, 0.717) is 18.4 Å². The molecule has 1 aromatic rings. The number of aliphatic imine (C=N–C) groups is 1. The second-order valence-electron chi connectivity index (χ2n) is 11.2. The van der Waals surface area contributed by atoms with Crippen LogP contribution in [-0.2, 0) is 35.2 Å². The first-order chi connectivity index (χ1) is 21.2. The quantitative estimate of drug-likeness (QED) is 0.0543. The third kappa shape index (κ3) is 11.7. The summed E-state index contributed by atoms with van der Waals surface area (Å²) in [6, 6.07) is 2.62. The van der Waals surface area contributed by atoms with Gasteiger partial charge in [-0.25, -0.2) is 4.79 Å². The molecule has 16 heteroatoms. The lowest BCUT2D eigenvalue weighted by Gasteiger charge is -2.29. The van der Waals surface area contributed by atoms with Gasteiger partial charge in [-0.15, -0.1) is 0 Å². The zero-order valence-electron chi connectivity index (χ0n) is 25.5. The number of likely N-dealkylation sites (tertiary alicyclic amines) is 1. The molecule has 1 aliphatic heterocycles. The monoisotopic (exact) mass is 632 g/mol. The number of amides is 4. The maximum Gasteiger partial charge on any atom is 0.326 e.